The third-order valence-electron chi connectivity index (χ3n) is 6.21. The predicted molar refractivity (Wildman–Crippen MR) is 158 cm³/mol. The molecule has 0 spiro atoms. The van der Waals surface area contributed by atoms with Gasteiger partial charge >= 0.3 is 0 Å². The van der Waals surface area contributed by atoms with Crippen molar-refractivity contribution in [1.82, 2.24) is 4.98 Å². The summed E-state index contributed by atoms with van der Waals surface area (Å²) in [6, 6.07) is 23.7. The Morgan fingerprint density at radius 3 is 2.10 bits per heavy atom. The second-order valence-corrected chi connectivity index (χ2v) is 12.7. The van der Waals surface area contributed by atoms with Gasteiger partial charge in [-0.05, 0) is 45.3 Å². The maximum Gasteiger partial charge on any atom is 0.224 e. The molecular formula is C34H40IrNO3-. The fourth-order valence-electron chi connectivity index (χ4n) is 3.54. The van der Waals surface area contributed by atoms with Crippen molar-refractivity contribution in [3.63, 3.8) is 0 Å². The van der Waals surface area contributed by atoms with Crippen LogP contribution in [0, 0.1) is 16.9 Å². The topological polar surface area (TPSA) is 59.4 Å². The zero-order valence-corrected chi connectivity index (χ0v) is 26.9. The molecule has 1 aromatic heterocycles. The molecule has 4 nitrogen and oxygen atoms in total. The first-order chi connectivity index (χ1) is 17.6. The van der Waals surface area contributed by atoms with Crippen LogP contribution in [0.4, 0.5) is 0 Å². The first-order valence-corrected chi connectivity index (χ1v) is 13.0. The summed E-state index contributed by atoms with van der Waals surface area (Å²) in [6.07, 6.45) is 3.12. The molecule has 1 heterocycles. The van der Waals surface area contributed by atoms with Gasteiger partial charge in [0, 0.05) is 54.3 Å². The maximum atomic E-state index is 11.5. The molecule has 3 aromatic carbocycles. The van der Waals surface area contributed by atoms with Crippen LogP contribution in [-0.4, -0.2) is 15.9 Å². The van der Waals surface area contributed by atoms with Gasteiger partial charge in [0.2, 0.25) is 5.88 Å². The minimum Gasteiger partial charge on any atom is -0.512 e. The molecule has 0 unspecified atom stereocenters. The fraction of sp³-hybridized carbons (Fsp3) is 0.353. The first-order valence-electron chi connectivity index (χ1n) is 13.0. The average Bonchev–Trinajstić information content (AvgIpc) is 2.82. The van der Waals surface area contributed by atoms with Crippen LogP contribution in [0.15, 0.2) is 78.7 Å². The summed E-state index contributed by atoms with van der Waals surface area (Å²) in [4.78, 5) is 15.9. The van der Waals surface area contributed by atoms with Gasteiger partial charge in [0.05, 0.1) is 0 Å². The molecule has 0 aliphatic carbocycles. The number of hydrogen-bond donors (Lipinski definition) is 1. The van der Waals surface area contributed by atoms with Crippen molar-refractivity contribution in [2.75, 3.05) is 0 Å². The van der Waals surface area contributed by atoms with Crippen molar-refractivity contribution in [3.05, 3.63) is 90.3 Å². The van der Waals surface area contributed by atoms with E-state index >= 15 is 0 Å². The number of ether oxygens (including phenoxy) is 1. The molecule has 0 amide bonds. The summed E-state index contributed by atoms with van der Waals surface area (Å²) in [6.45, 7) is 17.8. The number of hydrogen-bond acceptors (Lipinski definition) is 4. The standard InChI is InChI=1S/C23H20NO.C11H20O2.Ir/c1-23(2,3)19-10-9-16-13-17-11-12-24-22(21(17)15-18(16)14-19)25-20-7-5-4-6-8-20;1-10(2,3)8(12)7-9(13)11(4,5)6;/h4-7,9-15H,1-3H3;7,12H,1-6H3;/q-1;;/b;8-7-;. The molecule has 5 heteroatoms. The quantitative estimate of drug-likeness (QED) is 0.100. The Hall–Kier alpha value is -3.01. The van der Waals surface area contributed by atoms with Gasteiger partial charge in [0.1, 0.15) is 5.76 Å². The van der Waals surface area contributed by atoms with Crippen molar-refractivity contribution < 1.29 is 34.7 Å². The molecular weight excluding hydrogens is 663 g/mol. The summed E-state index contributed by atoms with van der Waals surface area (Å²) in [7, 11) is 0. The molecule has 0 atom stereocenters. The van der Waals surface area contributed by atoms with E-state index in [2.05, 4.69) is 62.2 Å². The monoisotopic (exact) mass is 703 g/mol. The van der Waals surface area contributed by atoms with E-state index in [1.165, 1.54) is 22.4 Å². The minimum absolute atomic E-state index is 0. The number of para-hydroxylation sites is 1. The largest absolute Gasteiger partial charge is 0.512 e. The number of aliphatic hydroxyl groups excluding tert-OH is 1. The van der Waals surface area contributed by atoms with Gasteiger partial charge in [-0.3, -0.25) is 4.79 Å². The van der Waals surface area contributed by atoms with Crippen molar-refractivity contribution in [2.24, 2.45) is 10.8 Å². The molecule has 0 saturated heterocycles. The summed E-state index contributed by atoms with van der Waals surface area (Å²) < 4.78 is 5.97. The van der Waals surface area contributed by atoms with Crippen LogP contribution in [0.2, 0.25) is 0 Å². The molecule has 4 rings (SSSR count). The molecule has 39 heavy (non-hydrogen) atoms. The molecule has 0 aliphatic heterocycles. The number of allylic oxidation sites excluding steroid dienone is 2. The van der Waals surface area contributed by atoms with Crippen LogP contribution in [0.25, 0.3) is 21.5 Å². The number of fused-ring (bicyclic) bond motifs is 2. The van der Waals surface area contributed by atoms with Gasteiger partial charge in [0.25, 0.3) is 0 Å². The number of rotatable bonds is 3. The Balaban J connectivity index is 0.000000328. The zero-order chi connectivity index (χ0) is 28.3. The van der Waals surface area contributed by atoms with Gasteiger partial charge in [-0.1, -0.05) is 80.5 Å². The SMILES string of the molecule is CC(C)(C)C(=O)/C=C(\O)C(C)(C)C.CC(C)(C)c1ccc2cc3ccnc(Oc4[c-]cccc4)c3cc2c1.[Ir]. The van der Waals surface area contributed by atoms with Gasteiger partial charge in [-0.25, -0.2) is 4.98 Å². The van der Waals surface area contributed by atoms with E-state index in [4.69, 9.17) is 4.74 Å². The van der Waals surface area contributed by atoms with Crippen molar-refractivity contribution in [2.45, 2.75) is 67.7 Å². The van der Waals surface area contributed by atoms with Gasteiger partial charge < -0.3 is 9.84 Å². The van der Waals surface area contributed by atoms with Gasteiger partial charge in [-0.2, -0.15) is 18.2 Å². The van der Waals surface area contributed by atoms with Gasteiger partial charge in [0.15, 0.2) is 5.78 Å². The number of carbonyl (C=O) groups is 1. The number of carbonyl (C=O) groups excluding carboxylic acids is 1. The molecule has 1 radical (unpaired) electrons. The van der Waals surface area contributed by atoms with Gasteiger partial charge in [-0.15, -0.1) is 12.1 Å². The zero-order valence-electron chi connectivity index (χ0n) is 24.5. The third-order valence-corrected chi connectivity index (χ3v) is 6.21. The average molecular weight is 703 g/mol. The normalized spacial score (nSPS) is 12.4. The van der Waals surface area contributed by atoms with E-state index in [0.717, 1.165) is 10.8 Å². The molecule has 0 fully saturated rings. The number of ketones is 1. The Labute approximate surface area is 246 Å². The maximum absolute atomic E-state index is 11.5. The minimum atomic E-state index is -0.417. The predicted octanol–water partition coefficient (Wildman–Crippen LogP) is 9.37. The molecule has 0 bridgehead atoms. The summed E-state index contributed by atoms with van der Waals surface area (Å²) >= 11 is 0. The van der Waals surface area contributed by atoms with Crippen LogP contribution in [-0.2, 0) is 30.3 Å². The van der Waals surface area contributed by atoms with Crippen LogP contribution < -0.4 is 4.74 Å². The Morgan fingerprint density at radius 1 is 0.846 bits per heavy atom. The van der Waals surface area contributed by atoms with Crippen LogP contribution in [0.5, 0.6) is 11.6 Å². The van der Waals surface area contributed by atoms with Crippen LogP contribution in [0.3, 0.4) is 0 Å². The summed E-state index contributed by atoms with van der Waals surface area (Å²) in [5.41, 5.74) is 0.679. The summed E-state index contributed by atoms with van der Waals surface area (Å²) in [5.74, 6) is 1.39. The van der Waals surface area contributed by atoms with Crippen molar-refractivity contribution >= 4 is 27.3 Å². The van der Waals surface area contributed by atoms with E-state index in [1.54, 1.807) is 6.20 Å². The van der Waals surface area contributed by atoms with E-state index in [0.29, 0.717) is 11.6 Å². The van der Waals surface area contributed by atoms with Crippen molar-refractivity contribution in [3.8, 4) is 11.6 Å². The van der Waals surface area contributed by atoms with E-state index < -0.39 is 5.41 Å². The Kier molecular flexibility index (Phi) is 10.3. The molecule has 0 aliphatic rings. The van der Waals surface area contributed by atoms with E-state index in [-0.39, 0.29) is 42.5 Å². The molecule has 1 N–H and O–H groups in total. The number of nitrogens with zero attached hydrogens (tertiary/aromatic N) is 1. The third kappa shape index (κ3) is 8.74. The number of benzene rings is 3. The number of aromatic nitrogens is 1. The summed E-state index contributed by atoms with van der Waals surface area (Å²) in [5, 5.41) is 14.1. The van der Waals surface area contributed by atoms with Crippen LogP contribution >= 0.6 is 0 Å². The number of pyridine rings is 1. The first kappa shape index (κ1) is 32.2. The molecule has 209 valence electrons. The van der Waals surface area contributed by atoms with E-state index in [9.17, 15) is 9.90 Å². The fourth-order valence-corrected chi connectivity index (χ4v) is 3.54. The molecule has 0 saturated carbocycles. The molecule has 4 aromatic rings. The smallest absolute Gasteiger partial charge is 0.224 e. The van der Waals surface area contributed by atoms with E-state index in [1.807, 2.05) is 71.9 Å². The Morgan fingerprint density at radius 2 is 1.54 bits per heavy atom. The second kappa shape index (κ2) is 12.4. The van der Waals surface area contributed by atoms with Crippen LogP contribution in [0.1, 0.15) is 67.9 Å². The Bertz CT molecular complexity index is 1450. The second-order valence-electron chi connectivity index (χ2n) is 12.7. The van der Waals surface area contributed by atoms with Crippen molar-refractivity contribution in [1.29, 1.82) is 0 Å². The number of aliphatic hydroxyl groups is 1.